The first-order valence-electron chi connectivity index (χ1n) is 8.27. The molecular weight excluding hydrogens is 344 g/mol. The van der Waals surface area contributed by atoms with Crippen molar-refractivity contribution >= 4 is 11.8 Å². The number of hydrogen-bond donors (Lipinski definition) is 1. The summed E-state index contributed by atoms with van der Waals surface area (Å²) in [5, 5.41) is 2.73. The highest BCUT2D eigenvalue weighted by atomic mass is 16.5. The van der Waals surface area contributed by atoms with Crippen molar-refractivity contribution in [3.05, 3.63) is 59.2 Å². The van der Waals surface area contributed by atoms with Gasteiger partial charge in [0.15, 0.2) is 0 Å². The van der Waals surface area contributed by atoms with Crippen LogP contribution in [0, 0.1) is 11.8 Å². The van der Waals surface area contributed by atoms with Gasteiger partial charge in [0.25, 0.3) is 11.8 Å². The zero-order valence-corrected chi connectivity index (χ0v) is 15.8. The molecule has 0 radical (unpaired) electrons. The smallest absolute Gasteiger partial charge is 0.255 e. The van der Waals surface area contributed by atoms with Crippen molar-refractivity contribution in [3.63, 3.8) is 0 Å². The number of ether oxygens (including phenoxy) is 2. The average Bonchev–Trinajstić information content (AvgIpc) is 2.70. The van der Waals surface area contributed by atoms with Gasteiger partial charge in [-0.2, -0.15) is 0 Å². The zero-order chi connectivity index (χ0) is 19.8. The Labute approximate surface area is 159 Å². The molecule has 2 amide bonds. The van der Waals surface area contributed by atoms with Gasteiger partial charge in [0.1, 0.15) is 11.5 Å². The quantitative estimate of drug-likeness (QED) is 0.824. The highest BCUT2D eigenvalue weighted by Gasteiger charge is 2.12. The molecule has 0 aromatic heterocycles. The maximum Gasteiger partial charge on any atom is 0.255 e. The van der Waals surface area contributed by atoms with Crippen LogP contribution in [-0.4, -0.2) is 51.6 Å². The number of benzene rings is 2. The van der Waals surface area contributed by atoms with Crippen LogP contribution < -0.4 is 14.8 Å². The molecule has 0 aliphatic carbocycles. The molecule has 0 bridgehead atoms. The average molecular weight is 366 g/mol. The minimum atomic E-state index is -0.282. The van der Waals surface area contributed by atoms with Gasteiger partial charge in [-0.3, -0.25) is 9.59 Å². The van der Waals surface area contributed by atoms with Gasteiger partial charge < -0.3 is 19.7 Å². The molecule has 2 rings (SSSR count). The number of methoxy groups -OCH3 is 2. The molecule has 6 nitrogen and oxygen atoms in total. The highest BCUT2D eigenvalue weighted by Crippen LogP contribution is 2.24. The first kappa shape index (κ1) is 19.9. The third-order valence-corrected chi connectivity index (χ3v) is 3.76. The molecule has 2 aromatic rings. The second-order valence-corrected chi connectivity index (χ2v) is 5.83. The van der Waals surface area contributed by atoms with Crippen LogP contribution in [0.25, 0.3) is 0 Å². The number of carbonyl (C=O) groups excluding carboxylic acids is 2. The first-order valence-corrected chi connectivity index (χ1v) is 8.27. The molecule has 0 fully saturated rings. The van der Waals surface area contributed by atoms with Gasteiger partial charge in [-0.25, -0.2) is 0 Å². The van der Waals surface area contributed by atoms with Gasteiger partial charge in [-0.1, -0.05) is 11.8 Å². The lowest BCUT2D eigenvalue weighted by Gasteiger charge is -2.09. The second-order valence-electron chi connectivity index (χ2n) is 5.83. The predicted octanol–water partition coefficient (Wildman–Crippen LogP) is 2.19. The third kappa shape index (κ3) is 5.25. The van der Waals surface area contributed by atoms with Gasteiger partial charge in [-0.05, 0) is 36.4 Å². The Kier molecular flexibility index (Phi) is 6.84. The molecule has 0 saturated heterocycles. The molecule has 140 valence electrons. The SMILES string of the molecule is COc1ccc(C(=O)NCC#Cc2ccc(C(=O)N(C)C)cc2)c(OC)c1. The van der Waals surface area contributed by atoms with Crippen LogP contribution in [0.1, 0.15) is 26.3 Å². The van der Waals surface area contributed by atoms with Gasteiger partial charge in [-0.15, -0.1) is 0 Å². The van der Waals surface area contributed by atoms with Crippen molar-refractivity contribution in [1.29, 1.82) is 0 Å². The van der Waals surface area contributed by atoms with Crippen molar-refractivity contribution in [3.8, 4) is 23.3 Å². The normalized spacial score (nSPS) is 9.63. The van der Waals surface area contributed by atoms with E-state index in [0.29, 0.717) is 22.6 Å². The molecule has 2 aromatic carbocycles. The monoisotopic (exact) mass is 366 g/mol. The summed E-state index contributed by atoms with van der Waals surface area (Å²) in [6.45, 7) is 0.187. The summed E-state index contributed by atoms with van der Waals surface area (Å²) in [5.74, 6) is 6.54. The fourth-order valence-corrected chi connectivity index (χ4v) is 2.31. The number of nitrogens with zero attached hydrogens (tertiary/aromatic N) is 1. The summed E-state index contributed by atoms with van der Waals surface area (Å²) in [7, 11) is 6.45. The number of carbonyl (C=O) groups is 2. The van der Waals surface area contributed by atoms with Crippen LogP contribution in [-0.2, 0) is 0 Å². The number of nitrogens with one attached hydrogen (secondary N) is 1. The summed E-state index contributed by atoms with van der Waals surface area (Å²) < 4.78 is 10.3. The molecule has 0 atom stereocenters. The molecule has 6 heteroatoms. The van der Waals surface area contributed by atoms with Crippen molar-refractivity contribution < 1.29 is 19.1 Å². The van der Waals surface area contributed by atoms with Crippen molar-refractivity contribution in [1.82, 2.24) is 10.2 Å². The fourth-order valence-electron chi connectivity index (χ4n) is 2.31. The largest absolute Gasteiger partial charge is 0.497 e. The lowest BCUT2D eigenvalue weighted by Crippen LogP contribution is -2.24. The van der Waals surface area contributed by atoms with E-state index in [1.54, 1.807) is 63.7 Å². The van der Waals surface area contributed by atoms with Gasteiger partial charge in [0.05, 0.1) is 26.3 Å². The van der Waals surface area contributed by atoms with E-state index in [1.807, 2.05) is 0 Å². The van der Waals surface area contributed by atoms with Crippen LogP contribution in [0.15, 0.2) is 42.5 Å². The molecule has 0 spiro atoms. The molecule has 0 aliphatic heterocycles. The van der Waals surface area contributed by atoms with Crippen molar-refractivity contribution in [2.24, 2.45) is 0 Å². The van der Waals surface area contributed by atoms with Crippen LogP contribution in [0.2, 0.25) is 0 Å². The van der Waals surface area contributed by atoms with E-state index >= 15 is 0 Å². The molecule has 0 heterocycles. The van der Waals surface area contributed by atoms with E-state index in [-0.39, 0.29) is 18.4 Å². The summed E-state index contributed by atoms with van der Waals surface area (Å²) in [4.78, 5) is 25.6. The Morgan fingerprint density at radius 2 is 1.74 bits per heavy atom. The Bertz CT molecular complexity index is 877. The number of rotatable bonds is 5. The number of amides is 2. The highest BCUT2D eigenvalue weighted by molar-refractivity contribution is 5.97. The summed E-state index contributed by atoms with van der Waals surface area (Å²) in [5.41, 5.74) is 1.78. The second kappa shape index (κ2) is 9.30. The minimum absolute atomic E-state index is 0.0600. The van der Waals surface area contributed by atoms with E-state index in [2.05, 4.69) is 17.2 Å². The fraction of sp³-hybridized carbons (Fsp3) is 0.238. The minimum Gasteiger partial charge on any atom is -0.497 e. The topological polar surface area (TPSA) is 67.9 Å². The predicted molar refractivity (Wildman–Crippen MR) is 103 cm³/mol. The molecule has 0 unspecified atom stereocenters. The molecular formula is C21H22N2O4. The maximum absolute atomic E-state index is 12.3. The van der Waals surface area contributed by atoms with E-state index in [1.165, 1.54) is 12.0 Å². The Balaban J connectivity index is 1.97. The zero-order valence-electron chi connectivity index (χ0n) is 15.8. The summed E-state index contributed by atoms with van der Waals surface area (Å²) >= 11 is 0. The Morgan fingerprint density at radius 1 is 1.04 bits per heavy atom. The lowest BCUT2D eigenvalue weighted by atomic mass is 10.1. The summed E-state index contributed by atoms with van der Waals surface area (Å²) in [6, 6.07) is 12.0. The van der Waals surface area contributed by atoms with Crippen LogP contribution in [0.5, 0.6) is 11.5 Å². The molecule has 0 aliphatic rings. The molecule has 1 N–H and O–H groups in total. The van der Waals surface area contributed by atoms with Crippen LogP contribution in [0.4, 0.5) is 0 Å². The van der Waals surface area contributed by atoms with Gasteiger partial charge in [0.2, 0.25) is 0 Å². The number of hydrogen-bond acceptors (Lipinski definition) is 4. The maximum atomic E-state index is 12.3. The van der Waals surface area contributed by atoms with Crippen LogP contribution in [0.3, 0.4) is 0 Å². The standard InChI is InChI=1S/C21H22N2O4/c1-23(2)21(25)16-9-7-15(8-10-16)6-5-13-22-20(24)18-12-11-17(26-3)14-19(18)27-4/h7-12,14H,13H2,1-4H3,(H,22,24). The van der Waals surface area contributed by atoms with E-state index in [0.717, 1.165) is 5.56 Å². The van der Waals surface area contributed by atoms with Crippen molar-refractivity contribution in [2.75, 3.05) is 34.9 Å². The first-order chi connectivity index (χ1) is 13.0. The Hall–Kier alpha value is -3.46. The molecule has 0 saturated carbocycles. The van der Waals surface area contributed by atoms with E-state index in [4.69, 9.17) is 9.47 Å². The molecule has 27 heavy (non-hydrogen) atoms. The van der Waals surface area contributed by atoms with E-state index in [9.17, 15) is 9.59 Å². The lowest BCUT2D eigenvalue weighted by molar-refractivity contribution is 0.0827. The van der Waals surface area contributed by atoms with Crippen molar-refractivity contribution in [2.45, 2.75) is 0 Å². The van der Waals surface area contributed by atoms with Crippen LogP contribution >= 0.6 is 0 Å². The summed E-state index contributed by atoms with van der Waals surface area (Å²) in [6.07, 6.45) is 0. The van der Waals surface area contributed by atoms with E-state index < -0.39 is 0 Å². The van der Waals surface area contributed by atoms with Gasteiger partial charge in [0, 0.05) is 31.3 Å². The third-order valence-electron chi connectivity index (χ3n) is 3.76. The van der Waals surface area contributed by atoms with Gasteiger partial charge >= 0.3 is 0 Å². The Morgan fingerprint density at radius 3 is 2.33 bits per heavy atom.